The van der Waals surface area contributed by atoms with Gasteiger partial charge in [-0.05, 0) is 35.4 Å². The second-order valence-electron chi connectivity index (χ2n) is 8.84. The maximum absolute atomic E-state index is 13.2. The van der Waals surface area contributed by atoms with Crippen molar-refractivity contribution in [2.24, 2.45) is 4.99 Å². The van der Waals surface area contributed by atoms with Crippen LogP contribution in [-0.2, 0) is 17.9 Å². The summed E-state index contributed by atoms with van der Waals surface area (Å²) in [5.41, 5.74) is 2.07. The summed E-state index contributed by atoms with van der Waals surface area (Å²) in [6.07, 6.45) is -0.569. The van der Waals surface area contributed by atoms with Crippen LogP contribution in [0.5, 0.6) is 0 Å². The number of carbonyl (C=O) groups excluding carboxylic acids is 2. The van der Waals surface area contributed by atoms with Crippen LogP contribution in [0.25, 0.3) is 0 Å². The highest BCUT2D eigenvalue weighted by Gasteiger charge is 2.49. The number of piperazine rings is 1. The van der Waals surface area contributed by atoms with Gasteiger partial charge in [0.2, 0.25) is 0 Å². The number of likely N-dealkylation sites (N-methyl/N-ethyl adjacent to an activating group) is 1. The zero-order chi connectivity index (χ0) is 23.8. The third kappa shape index (κ3) is 4.45. The molecule has 1 N–H and O–H groups in total. The highest BCUT2D eigenvalue weighted by Crippen LogP contribution is 2.28. The molecular formula is C24H26ClFN6O2. The van der Waals surface area contributed by atoms with Crippen molar-refractivity contribution >= 4 is 29.5 Å². The van der Waals surface area contributed by atoms with Crippen LogP contribution in [0.1, 0.15) is 11.1 Å². The molecule has 2 unspecified atom stereocenters. The molecule has 3 heterocycles. The van der Waals surface area contributed by atoms with E-state index in [4.69, 9.17) is 16.6 Å². The summed E-state index contributed by atoms with van der Waals surface area (Å²) in [4.78, 5) is 37.9. The van der Waals surface area contributed by atoms with Gasteiger partial charge in [0.05, 0.1) is 0 Å². The van der Waals surface area contributed by atoms with E-state index in [1.165, 1.54) is 17.0 Å². The highest BCUT2D eigenvalue weighted by molar-refractivity contribution is 6.30. The molecule has 0 spiro atoms. The summed E-state index contributed by atoms with van der Waals surface area (Å²) in [5.74, 6) is 0.154. The quantitative estimate of drug-likeness (QED) is 0.721. The molecule has 3 aliphatic rings. The van der Waals surface area contributed by atoms with Crippen molar-refractivity contribution in [3.8, 4) is 0 Å². The monoisotopic (exact) mass is 484 g/mol. The molecule has 10 heteroatoms. The van der Waals surface area contributed by atoms with Crippen molar-refractivity contribution in [3.63, 3.8) is 0 Å². The Balaban J connectivity index is 1.33. The van der Waals surface area contributed by atoms with Gasteiger partial charge in [0, 0.05) is 51.3 Å². The maximum Gasteiger partial charge on any atom is 0.325 e. The van der Waals surface area contributed by atoms with Crippen molar-refractivity contribution < 1.29 is 14.0 Å². The van der Waals surface area contributed by atoms with Crippen molar-refractivity contribution in [1.29, 1.82) is 0 Å². The maximum atomic E-state index is 13.2. The van der Waals surface area contributed by atoms with E-state index in [1.54, 1.807) is 7.05 Å². The Morgan fingerprint density at radius 1 is 0.971 bits per heavy atom. The third-order valence-corrected chi connectivity index (χ3v) is 6.83. The van der Waals surface area contributed by atoms with E-state index in [2.05, 4.69) is 15.1 Å². The first-order valence-electron chi connectivity index (χ1n) is 11.3. The molecule has 0 radical (unpaired) electrons. The number of imide groups is 1. The molecule has 34 heavy (non-hydrogen) atoms. The topological polar surface area (TPSA) is 71.5 Å². The van der Waals surface area contributed by atoms with Crippen LogP contribution in [0.15, 0.2) is 53.5 Å². The first-order chi connectivity index (χ1) is 16.4. The van der Waals surface area contributed by atoms with Crippen LogP contribution in [0.4, 0.5) is 9.18 Å². The molecule has 8 nitrogen and oxygen atoms in total. The predicted octanol–water partition coefficient (Wildman–Crippen LogP) is 2.34. The van der Waals surface area contributed by atoms with Crippen LogP contribution in [0.2, 0.25) is 5.02 Å². The van der Waals surface area contributed by atoms with Crippen LogP contribution >= 0.6 is 11.6 Å². The average molecular weight is 485 g/mol. The summed E-state index contributed by atoms with van der Waals surface area (Å²) in [6.45, 7) is 4.30. The van der Waals surface area contributed by atoms with E-state index < -0.39 is 18.2 Å². The SMILES string of the molecule is CN1C(=O)NC(=O)C2C1N=C(N1CCN(Cc3ccc(F)cc3)CC1)N2Cc1ccc(Cl)cc1. The lowest BCUT2D eigenvalue weighted by molar-refractivity contribution is -0.127. The Kier molecular flexibility index (Phi) is 6.14. The minimum Gasteiger partial charge on any atom is -0.340 e. The van der Waals surface area contributed by atoms with Crippen LogP contribution in [0.3, 0.4) is 0 Å². The highest BCUT2D eigenvalue weighted by atomic mass is 35.5. The number of carbonyl (C=O) groups is 2. The lowest BCUT2D eigenvalue weighted by Crippen LogP contribution is -2.64. The van der Waals surface area contributed by atoms with Gasteiger partial charge in [-0.1, -0.05) is 35.9 Å². The number of hydrogen-bond acceptors (Lipinski definition) is 6. The molecule has 0 aromatic heterocycles. The Morgan fingerprint density at radius 2 is 1.59 bits per heavy atom. The number of fused-ring (bicyclic) bond motifs is 1. The van der Waals surface area contributed by atoms with Gasteiger partial charge in [-0.2, -0.15) is 0 Å². The van der Waals surface area contributed by atoms with Gasteiger partial charge < -0.3 is 14.7 Å². The van der Waals surface area contributed by atoms with E-state index >= 15 is 0 Å². The van der Waals surface area contributed by atoms with Crippen molar-refractivity contribution in [1.82, 2.24) is 24.9 Å². The van der Waals surface area contributed by atoms with Crippen LogP contribution in [-0.4, -0.2) is 82.9 Å². The Hall–Kier alpha value is -3.17. The third-order valence-electron chi connectivity index (χ3n) is 6.58. The van der Waals surface area contributed by atoms with Crippen LogP contribution in [0, 0.1) is 5.82 Å². The molecule has 2 atom stereocenters. The second kappa shape index (κ2) is 9.23. The van der Waals surface area contributed by atoms with Gasteiger partial charge in [-0.15, -0.1) is 0 Å². The molecule has 0 saturated carbocycles. The minimum absolute atomic E-state index is 0.234. The fourth-order valence-electron chi connectivity index (χ4n) is 4.68. The van der Waals surface area contributed by atoms with Gasteiger partial charge in [-0.3, -0.25) is 15.0 Å². The van der Waals surface area contributed by atoms with Gasteiger partial charge in [0.1, 0.15) is 5.82 Å². The Bertz CT molecular complexity index is 1100. The first kappa shape index (κ1) is 22.6. The fraction of sp³-hybridized carbons (Fsp3) is 0.375. The van der Waals surface area contributed by atoms with Crippen molar-refractivity contribution in [2.75, 3.05) is 33.2 Å². The molecule has 0 bridgehead atoms. The number of aliphatic imine (C=N–C) groups is 1. The molecule has 2 fully saturated rings. The van der Waals surface area contributed by atoms with E-state index in [0.717, 1.165) is 49.8 Å². The van der Waals surface area contributed by atoms with Gasteiger partial charge in [0.25, 0.3) is 5.91 Å². The first-order valence-corrected chi connectivity index (χ1v) is 11.6. The molecule has 2 aromatic carbocycles. The van der Waals surface area contributed by atoms with Crippen molar-refractivity contribution in [2.45, 2.75) is 25.3 Å². The summed E-state index contributed by atoms with van der Waals surface area (Å²) in [6, 6.07) is 13.1. The molecule has 3 amide bonds. The zero-order valence-corrected chi connectivity index (χ0v) is 19.6. The lowest BCUT2D eigenvalue weighted by Gasteiger charge is -2.40. The van der Waals surface area contributed by atoms with Gasteiger partial charge >= 0.3 is 6.03 Å². The predicted molar refractivity (Wildman–Crippen MR) is 127 cm³/mol. The van der Waals surface area contributed by atoms with E-state index in [9.17, 15) is 14.0 Å². The van der Waals surface area contributed by atoms with Gasteiger partial charge in [0.15, 0.2) is 18.2 Å². The summed E-state index contributed by atoms with van der Waals surface area (Å²) >= 11 is 6.05. The molecule has 0 aliphatic carbocycles. The molecule has 178 valence electrons. The number of rotatable bonds is 4. The normalized spacial score (nSPS) is 23.1. The number of guanidine groups is 1. The molecule has 3 aliphatic heterocycles. The molecular weight excluding hydrogens is 459 g/mol. The number of nitrogens with one attached hydrogen (secondary N) is 1. The Morgan fingerprint density at radius 3 is 2.26 bits per heavy atom. The summed E-state index contributed by atoms with van der Waals surface area (Å²) < 4.78 is 13.2. The average Bonchev–Trinajstić information content (AvgIpc) is 3.21. The van der Waals surface area contributed by atoms with Crippen molar-refractivity contribution in [3.05, 3.63) is 70.5 Å². The number of benzene rings is 2. The van der Waals surface area contributed by atoms with E-state index in [1.807, 2.05) is 41.3 Å². The summed E-state index contributed by atoms with van der Waals surface area (Å²) in [7, 11) is 1.66. The second-order valence-corrected chi connectivity index (χ2v) is 9.27. The number of hydrogen-bond donors (Lipinski definition) is 1. The van der Waals surface area contributed by atoms with E-state index in [-0.39, 0.29) is 11.7 Å². The number of nitrogens with zero attached hydrogens (tertiary/aromatic N) is 5. The fourth-order valence-corrected chi connectivity index (χ4v) is 4.81. The zero-order valence-electron chi connectivity index (χ0n) is 18.8. The Labute approximate surface area is 202 Å². The molecule has 2 aromatic rings. The molecule has 5 rings (SSSR count). The lowest BCUT2D eigenvalue weighted by atomic mass is 10.1. The largest absolute Gasteiger partial charge is 0.340 e. The van der Waals surface area contributed by atoms with Gasteiger partial charge in [-0.25, -0.2) is 14.2 Å². The molecule has 2 saturated heterocycles. The van der Waals surface area contributed by atoms with Crippen LogP contribution < -0.4 is 5.32 Å². The number of amides is 3. The number of urea groups is 1. The number of halogens is 2. The smallest absolute Gasteiger partial charge is 0.325 e. The minimum atomic E-state index is -0.592. The summed E-state index contributed by atoms with van der Waals surface area (Å²) in [5, 5.41) is 3.09. The van der Waals surface area contributed by atoms with E-state index in [0.29, 0.717) is 11.6 Å². The standard InChI is InChI=1S/C24H26ClFN6O2/c1-29-21-20(22(33)28-24(29)34)32(15-17-2-6-18(25)7-3-17)23(27-21)31-12-10-30(11-13-31)14-16-4-8-19(26)9-5-16/h2-9,20-21H,10-15H2,1H3,(H,28,33,34).